The van der Waals surface area contributed by atoms with Gasteiger partial charge in [-0.3, -0.25) is 14.4 Å². The number of allylic oxidation sites excluding steroid dienone is 20. The summed E-state index contributed by atoms with van der Waals surface area (Å²) in [6.45, 7) is 6.35. The Kier molecular flexibility index (Phi) is 54.9. The maximum atomic E-state index is 12.8. The van der Waals surface area contributed by atoms with E-state index >= 15 is 0 Å². The monoisotopic (exact) mass is 983 g/mol. The topological polar surface area (TPSA) is 78.9 Å². The van der Waals surface area contributed by atoms with Gasteiger partial charge in [0.1, 0.15) is 13.2 Å². The second-order valence-electron chi connectivity index (χ2n) is 18.8. The molecule has 1 unspecified atom stereocenters. The Morgan fingerprint density at radius 3 is 0.901 bits per heavy atom. The fourth-order valence-corrected chi connectivity index (χ4v) is 7.68. The number of hydrogen-bond donors (Lipinski definition) is 0. The average Bonchev–Trinajstić information content (AvgIpc) is 3.37. The van der Waals surface area contributed by atoms with Crippen molar-refractivity contribution in [2.24, 2.45) is 0 Å². The summed E-state index contributed by atoms with van der Waals surface area (Å²) in [7, 11) is 0. The lowest BCUT2D eigenvalue weighted by Crippen LogP contribution is -2.30. The van der Waals surface area contributed by atoms with E-state index in [9.17, 15) is 14.4 Å². The molecule has 402 valence electrons. The molecule has 0 N–H and O–H groups in total. The van der Waals surface area contributed by atoms with Crippen LogP contribution in [0.5, 0.6) is 0 Å². The molecule has 0 aromatic carbocycles. The molecule has 6 nitrogen and oxygen atoms in total. The number of carbonyl (C=O) groups excluding carboxylic acids is 3. The van der Waals surface area contributed by atoms with Crippen molar-refractivity contribution < 1.29 is 28.6 Å². The van der Waals surface area contributed by atoms with E-state index < -0.39 is 6.10 Å². The Morgan fingerprint density at radius 2 is 0.563 bits per heavy atom. The summed E-state index contributed by atoms with van der Waals surface area (Å²) in [4.78, 5) is 38.1. The van der Waals surface area contributed by atoms with Crippen LogP contribution in [0, 0.1) is 0 Å². The van der Waals surface area contributed by atoms with Crippen LogP contribution in [0.2, 0.25) is 0 Å². The van der Waals surface area contributed by atoms with Gasteiger partial charge in [0.25, 0.3) is 0 Å². The van der Waals surface area contributed by atoms with Crippen LogP contribution in [-0.2, 0) is 28.6 Å². The molecule has 0 heterocycles. The summed E-state index contributed by atoms with van der Waals surface area (Å²) in [5.41, 5.74) is 0. The van der Waals surface area contributed by atoms with Crippen molar-refractivity contribution in [3.63, 3.8) is 0 Å². The molecule has 0 spiro atoms. The fourth-order valence-electron chi connectivity index (χ4n) is 7.68. The standard InChI is InChI=1S/C65H106O6/c1-4-7-10-13-16-19-22-24-26-28-29-30-31-32-33-34-35-37-38-40-43-46-49-52-55-58-64(67)70-61-62(60-69-63(66)57-54-51-48-45-42-21-18-15-12-9-6-3)71-65(68)59-56-53-50-47-44-41-39-36-27-25-23-20-17-14-11-8-5-2/h7-8,10-11,16-17,19-20,24-27,29-30,32-33,39,41,47,50,62H,4-6,9,12-15,18,21-23,28,31,34-38,40,42-46,48-49,51-61H2,1-3H3/b10-7-,11-8-,19-16-,20-17-,26-24-,27-25-,30-29-,33-32-,41-39-,50-47-. The van der Waals surface area contributed by atoms with Crippen LogP contribution in [0.15, 0.2) is 122 Å². The van der Waals surface area contributed by atoms with E-state index in [4.69, 9.17) is 14.2 Å². The molecule has 0 amide bonds. The molecule has 0 aliphatic heterocycles. The van der Waals surface area contributed by atoms with Crippen LogP contribution in [0.1, 0.15) is 252 Å². The zero-order chi connectivity index (χ0) is 51.4. The van der Waals surface area contributed by atoms with Crippen molar-refractivity contribution in [2.45, 2.75) is 258 Å². The number of unbranched alkanes of at least 4 members (excludes halogenated alkanes) is 20. The highest BCUT2D eigenvalue weighted by atomic mass is 16.6. The average molecular weight is 984 g/mol. The molecule has 6 heteroatoms. The first-order valence-electron chi connectivity index (χ1n) is 29.0. The molecule has 0 bridgehead atoms. The molecule has 0 fully saturated rings. The summed E-state index contributed by atoms with van der Waals surface area (Å²) in [6, 6.07) is 0. The van der Waals surface area contributed by atoms with Gasteiger partial charge in [0, 0.05) is 19.3 Å². The van der Waals surface area contributed by atoms with E-state index in [2.05, 4.69) is 142 Å². The number of carbonyl (C=O) groups is 3. The molecular weight excluding hydrogens is 877 g/mol. The molecule has 0 rings (SSSR count). The molecule has 0 aliphatic rings. The van der Waals surface area contributed by atoms with Gasteiger partial charge in [-0.1, -0.05) is 251 Å². The van der Waals surface area contributed by atoms with Gasteiger partial charge < -0.3 is 14.2 Å². The minimum Gasteiger partial charge on any atom is -0.462 e. The van der Waals surface area contributed by atoms with Crippen LogP contribution in [-0.4, -0.2) is 37.2 Å². The summed E-state index contributed by atoms with van der Waals surface area (Å²) < 4.78 is 16.8. The zero-order valence-electron chi connectivity index (χ0n) is 45.9. The van der Waals surface area contributed by atoms with Crippen LogP contribution in [0.4, 0.5) is 0 Å². The predicted molar refractivity (Wildman–Crippen MR) is 306 cm³/mol. The molecule has 0 saturated carbocycles. The van der Waals surface area contributed by atoms with E-state index in [-0.39, 0.29) is 37.5 Å². The third-order valence-electron chi connectivity index (χ3n) is 12.0. The largest absolute Gasteiger partial charge is 0.462 e. The van der Waals surface area contributed by atoms with Crippen LogP contribution in [0.25, 0.3) is 0 Å². The fraction of sp³-hybridized carbons (Fsp3) is 0.646. The molecular formula is C65H106O6. The van der Waals surface area contributed by atoms with Crippen molar-refractivity contribution in [1.29, 1.82) is 0 Å². The Balaban J connectivity index is 4.39. The summed E-state index contributed by atoms with van der Waals surface area (Å²) in [5, 5.41) is 0. The van der Waals surface area contributed by atoms with Gasteiger partial charge in [-0.15, -0.1) is 0 Å². The van der Waals surface area contributed by atoms with Crippen molar-refractivity contribution in [2.75, 3.05) is 13.2 Å². The lowest BCUT2D eigenvalue weighted by Gasteiger charge is -2.18. The minimum absolute atomic E-state index is 0.103. The van der Waals surface area contributed by atoms with Gasteiger partial charge in [0.15, 0.2) is 6.10 Å². The Morgan fingerprint density at radius 1 is 0.296 bits per heavy atom. The molecule has 1 atom stereocenters. The Hall–Kier alpha value is -4.19. The smallest absolute Gasteiger partial charge is 0.306 e. The van der Waals surface area contributed by atoms with Crippen molar-refractivity contribution in [3.8, 4) is 0 Å². The Bertz CT molecular complexity index is 1500. The first kappa shape index (κ1) is 66.8. The van der Waals surface area contributed by atoms with Crippen LogP contribution >= 0.6 is 0 Å². The number of rotatable bonds is 51. The third-order valence-corrected chi connectivity index (χ3v) is 12.0. The quantitative estimate of drug-likeness (QED) is 0.0261. The lowest BCUT2D eigenvalue weighted by molar-refractivity contribution is -0.167. The second kappa shape index (κ2) is 58.4. The summed E-state index contributed by atoms with van der Waals surface area (Å²) >= 11 is 0. The molecule has 0 aromatic rings. The van der Waals surface area contributed by atoms with Gasteiger partial charge in [-0.05, 0) is 103 Å². The van der Waals surface area contributed by atoms with Gasteiger partial charge in [0.05, 0.1) is 0 Å². The maximum absolute atomic E-state index is 12.8. The first-order valence-corrected chi connectivity index (χ1v) is 29.0. The zero-order valence-corrected chi connectivity index (χ0v) is 45.9. The van der Waals surface area contributed by atoms with Crippen LogP contribution in [0.3, 0.4) is 0 Å². The van der Waals surface area contributed by atoms with Gasteiger partial charge in [-0.25, -0.2) is 0 Å². The van der Waals surface area contributed by atoms with Gasteiger partial charge in [-0.2, -0.15) is 0 Å². The predicted octanol–water partition coefficient (Wildman–Crippen LogP) is 19.6. The second-order valence-corrected chi connectivity index (χ2v) is 18.8. The van der Waals surface area contributed by atoms with E-state index in [1.54, 1.807) is 0 Å². The molecule has 71 heavy (non-hydrogen) atoms. The minimum atomic E-state index is -0.812. The highest BCUT2D eigenvalue weighted by molar-refractivity contribution is 5.71. The van der Waals surface area contributed by atoms with Crippen molar-refractivity contribution >= 4 is 17.9 Å². The summed E-state index contributed by atoms with van der Waals surface area (Å²) in [5.74, 6) is -0.970. The van der Waals surface area contributed by atoms with Gasteiger partial charge in [0.2, 0.25) is 0 Å². The number of esters is 3. The molecule has 0 saturated heterocycles. The van der Waals surface area contributed by atoms with E-state index in [1.807, 2.05) is 0 Å². The number of hydrogen-bond acceptors (Lipinski definition) is 6. The SMILES string of the molecule is CC/C=C\C/C=C\C/C=C\C/C=C\C/C=C\CCCCCCCCCCCC(=O)OCC(COC(=O)CCCCCCCCCCCCC)OC(=O)CCC/C=C\C/C=C\C/C=C\C/C=C\C/C=C\CC. The van der Waals surface area contributed by atoms with Gasteiger partial charge >= 0.3 is 17.9 Å². The molecule has 0 radical (unpaired) electrons. The maximum Gasteiger partial charge on any atom is 0.306 e. The number of ether oxygens (including phenoxy) is 3. The van der Waals surface area contributed by atoms with E-state index in [0.717, 1.165) is 116 Å². The van der Waals surface area contributed by atoms with E-state index in [0.29, 0.717) is 19.3 Å². The lowest BCUT2D eigenvalue weighted by atomic mass is 10.1. The normalized spacial score (nSPS) is 13.0. The highest BCUT2D eigenvalue weighted by Crippen LogP contribution is 2.15. The van der Waals surface area contributed by atoms with Crippen LogP contribution < -0.4 is 0 Å². The Labute approximate surface area is 437 Å². The molecule has 0 aromatic heterocycles. The first-order chi connectivity index (χ1) is 35.0. The summed E-state index contributed by atoms with van der Waals surface area (Å²) in [6.07, 6.45) is 80.6. The molecule has 0 aliphatic carbocycles. The van der Waals surface area contributed by atoms with E-state index in [1.165, 1.54) is 89.9 Å². The highest BCUT2D eigenvalue weighted by Gasteiger charge is 2.19. The third kappa shape index (κ3) is 56.6. The van der Waals surface area contributed by atoms with Crippen molar-refractivity contribution in [3.05, 3.63) is 122 Å². The van der Waals surface area contributed by atoms with Crippen molar-refractivity contribution in [1.82, 2.24) is 0 Å².